The zero-order valence-corrected chi connectivity index (χ0v) is 13.7. The molecule has 1 saturated carbocycles. The molecule has 1 saturated heterocycles. The second-order valence-electron chi connectivity index (χ2n) is 6.54. The van der Waals surface area contributed by atoms with Crippen molar-refractivity contribution < 1.29 is 4.79 Å². The zero-order valence-electron chi connectivity index (χ0n) is 13.7. The lowest BCUT2D eigenvalue weighted by molar-refractivity contribution is 0.0655. The molecule has 0 bridgehead atoms. The molecule has 1 aliphatic heterocycles. The molecule has 1 N–H and O–H groups in total. The van der Waals surface area contributed by atoms with Gasteiger partial charge in [0.15, 0.2) is 0 Å². The summed E-state index contributed by atoms with van der Waals surface area (Å²) in [5, 5.41) is 3.33. The van der Waals surface area contributed by atoms with Crippen molar-refractivity contribution in [1.29, 1.82) is 0 Å². The number of nitrogens with zero attached hydrogens (tertiary/aromatic N) is 2. The monoisotopic (exact) mass is 301 g/mol. The smallest absolute Gasteiger partial charge is 0.254 e. The number of hydrogen-bond donors (Lipinski definition) is 1. The Hall–Kier alpha value is -1.39. The summed E-state index contributed by atoms with van der Waals surface area (Å²) in [6.07, 6.45) is 2.68. The first-order chi connectivity index (χ1) is 10.7. The van der Waals surface area contributed by atoms with E-state index < -0.39 is 0 Å². The van der Waals surface area contributed by atoms with Crippen LogP contribution in [0.25, 0.3) is 0 Å². The topological polar surface area (TPSA) is 35.6 Å². The summed E-state index contributed by atoms with van der Waals surface area (Å²) in [6.45, 7) is 9.00. The number of piperazine rings is 1. The highest BCUT2D eigenvalue weighted by Gasteiger charge is 2.28. The summed E-state index contributed by atoms with van der Waals surface area (Å²) in [7, 11) is 0. The standard InChI is InChI=1S/C18H27N3O/c1-3-20(17-8-9-17)13-15-4-6-16(7-5-15)18(22)21-11-10-19-12-14(21)2/h4-7,14,17,19H,3,8-13H2,1-2H3/t14-/m0/s1. The number of rotatable bonds is 5. The molecule has 0 unspecified atom stereocenters. The average molecular weight is 301 g/mol. The van der Waals surface area contributed by atoms with E-state index >= 15 is 0 Å². The number of benzene rings is 1. The first-order valence-corrected chi connectivity index (χ1v) is 8.53. The maximum atomic E-state index is 12.6. The van der Waals surface area contributed by atoms with E-state index in [1.54, 1.807) is 0 Å². The van der Waals surface area contributed by atoms with Crippen molar-refractivity contribution in [1.82, 2.24) is 15.1 Å². The van der Waals surface area contributed by atoms with Crippen LogP contribution in [0.2, 0.25) is 0 Å². The number of carbonyl (C=O) groups excluding carboxylic acids is 1. The van der Waals surface area contributed by atoms with Crippen LogP contribution in [0.4, 0.5) is 0 Å². The summed E-state index contributed by atoms with van der Waals surface area (Å²) in [5.41, 5.74) is 2.12. The van der Waals surface area contributed by atoms with Crippen LogP contribution < -0.4 is 5.32 Å². The molecule has 1 amide bonds. The molecule has 1 aromatic carbocycles. The molecule has 4 nitrogen and oxygen atoms in total. The van der Waals surface area contributed by atoms with Crippen LogP contribution in [-0.4, -0.2) is 54.0 Å². The molecule has 2 fully saturated rings. The van der Waals surface area contributed by atoms with E-state index in [2.05, 4.69) is 36.2 Å². The molecule has 22 heavy (non-hydrogen) atoms. The Morgan fingerprint density at radius 3 is 2.64 bits per heavy atom. The Kier molecular flexibility index (Phi) is 4.79. The fourth-order valence-electron chi connectivity index (χ4n) is 3.23. The molecule has 3 rings (SSSR count). The molecular formula is C18H27N3O. The number of hydrogen-bond acceptors (Lipinski definition) is 3. The summed E-state index contributed by atoms with van der Waals surface area (Å²) >= 11 is 0. The van der Waals surface area contributed by atoms with Gasteiger partial charge in [-0.25, -0.2) is 0 Å². The molecule has 4 heteroatoms. The first-order valence-electron chi connectivity index (χ1n) is 8.53. The third kappa shape index (κ3) is 3.50. The fourth-order valence-corrected chi connectivity index (χ4v) is 3.23. The fraction of sp³-hybridized carbons (Fsp3) is 0.611. The number of nitrogens with one attached hydrogen (secondary N) is 1. The Morgan fingerprint density at radius 2 is 2.05 bits per heavy atom. The second kappa shape index (κ2) is 6.80. The van der Waals surface area contributed by atoms with Gasteiger partial charge >= 0.3 is 0 Å². The van der Waals surface area contributed by atoms with Gasteiger partial charge in [0.25, 0.3) is 5.91 Å². The summed E-state index contributed by atoms with van der Waals surface area (Å²) < 4.78 is 0. The van der Waals surface area contributed by atoms with Gasteiger partial charge < -0.3 is 10.2 Å². The normalized spacial score (nSPS) is 22.1. The van der Waals surface area contributed by atoms with Crippen LogP contribution in [0.5, 0.6) is 0 Å². The van der Waals surface area contributed by atoms with Crippen LogP contribution in [0.15, 0.2) is 24.3 Å². The zero-order chi connectivity index (χ0) is 15.5. The summed E-state index contributed by atoms with van der Waals surface area (Å²) in [5.74, 6) is 0.162. The van der Waals surface area contributed by atoms with E-state index in [0.29, 0.717) is 0 Å². The van der Waals surface area contributed by atoms with Crippen molar-refractivity contribution in [2.45, 2.75) is 45.3 Å². The predicted octanol–water partition coefficient (Wildman–Crippen LogP) is 2.10. The van der Waals surface area contributed by atoms with Gasteiger partial charge in [0, 0.05) is 43.8 Å². The molecule has 1 atom stereocenters. The van der Waals surface area contributed by atoms with Crippen molar-refractivity contribution in [3.05, 3.63) is 35.4 Å². The van der Waals surface area contributed by atoms with Crippen molar-refractivity contribution in [3.8, 4) is 0 Å². The average Bonchev–Trinajstić information content (AvgIpc) is 3.38. The van der Waals surface area contributed by atoms with Gasteiger partial charge in [0.2, 0.25) is 0 Å². The minimum atomic E-state index is 0.162. The minimum absolute atomic E-state index is 0.162. The predicted molar refractivity (Wildman–Crippen MR) is 88.9 cm³/mol. The van der Waals surface area contributed by atoms with Gasteiger partial charge in [-0.3, -0.25) is 9.69 Å². The van der Waals surface area contributed by atoms with E-state index in [1.165, 1.54) is 18.4 Å². The maximum Gasteiger partial charge on any atom is 0.254 e. The van der Waals surface area contributed by atoms with Crippen LogP contribution >= 0.6 is 0 Å². The Bertz CT molecular complexity index is 510. The second-order valence-corrected chi connectivity index (χ2v) is 6.54. The van der Waals surface area contributed by atoms with E-state index in [-0.39, 0.29) is 11.9 Å². The van der Waals surface area contributed by atoms with Gasteiger partial charge in [-0.05, 0) is 44.0 Å². The third-order valence-corrected chi connectivity index (χ3v) is 4.82. The Labute approximate surface area is 133 Å². The van der Waals surface area contributed by atoms with Crippen LogP contribution in [0.3, 0.4) is 0 Å². The number of carbonyl (C=O) groups is 1. The van der Waals surface area contributed by atoms with Gasteiger partial charge in [-0.1, -0.05) is 19.1 Å². The van der Waals surface area contributed by atoms with E-state index in [0.717, 1.165) is 44.3 Å². The van der Waals surface area contributed by atoms with Crippen molar-refractivity contribution >= 4 is 5.91 Å². The highest BCUT2D eigenvalue weighted by molar-refractivity contribution is 5.94. The highest BCUT2D eigenvalue weighted by atomic mass is 16.2. The van der Waals surface area contributed by atoms with E-state index in [9.17, 15) is 4.79 Å². The lowest BCUT2D eigenvalue weighted by atomic mass is 10.1. The van der Waals surface area contributed by atoms with E-state index in [1.807, 2.05) is 17.0 Å². The molecular weight excluding hydrogens is 274 g/mol. The largest absolute Gasteiger partial charge is 0.333 e. The lowest BCUT2D eigenvalue weighted by Gasteiger charge is -2.34. The summed E-state index contributed by atoms with van der Waals surface area (Å²) in [4.78, 5) is 17.1. The molecule has 0 aromatic heterocycles. The van der Waals surface area contributed by atoms with Gasteiger partial charge in [0.1, 0.15) is 0 Å². The van der Waals surface area contributed by atoms with E-state index in [4.69, 9.17) is 0 Å². The third-order valence-electron chi connectivity index (χ3n) is 4.82. The van der Waals surface area contributed by atoms with Gasteiger partial charge in [0.05, 0.1) is 0 Å². The maximum absolute atomic E-state index is 12.6. The van der Waals surface area contributed by atoms with Crippen molar-refractivity contribution in [2.75, 3.05) is 26.2 Å². The van der Waals surface area contributed by atoms with Crippen LogP contribution in [-0.2, 0) is 6.54 Å². The number of amides is 1. The molecule has 1 aliphatic carbocycles. The van der Waals surface area contributed by atoms with Crippen molar-refractivity contribution in [3.63, 3.8) is 0 Å². The quantitative estimate of drug-likeness (QED) is 0.905. The molecule has 0 radical (unpaired) electrons. The van der Waals surface area contributed by atoms with Crippen LogP contribution in [0, 0.1) is 0 Å². The molecule has 1 aromatic rings. The van der Waals surface area contributed by atoms with Gasteiger partial charge in [-0.2, -0.15) is 0 Å². The molecule has 0 spiro atoms. The SMILES string of the molecule is CCN(Cc1ccc(C(=O)N2CCNC[C@@H]2C)cc1)C1CC1. The summed E-state index contributed by atoms with van der Waals surface area (Å²) in [6, 6.07) is 9.27. The van der Waals surface area contributed by atoms with Crippen LogP contribution in [0.1, 0.15) is 42.6 Å². The highest BCUT2D eigenvalue weighted by Crippen LogP contribution is 2.28. The molecule has 1 heterocycles. The molecule has 120 valence electrons. The van der Waals surface area contributed by atoms with Crippen molar-refractivity contribution in [2.24, 2.45) is 0 Å². The van der Waals surface area contributed by atoms with Gasteiger partial charge in [-0.15, -0.1) is 0 Å². The lowest BCUT2D eigenvalue weighted by Crippen LogP contribution is -2.52. The Morgan fingerprint density at radius 1 is 1.32 bits per heavy atom. The minimum Gasteiger partial charge on any atom is -0.333 e. The molecule has 2 aliphatic rings. The first kappa shape index (κ1) is 15.5. The Balaban J connectivity index is 1.64.